The first-order valence-electron chi connectivity index (χ1n) is 5.50. The van der Waals surface area contributed by atoms with Crippen LogP contribution in [0.15, 0.2) is 6.20 Å². The molecule has 2 N–H and O–H groups in total. The van der Waals surface area contributed by atoms with Gasteiger partial charge in [0.2, 0.25) is 11.8 Å². The molecule has 7 nitrogen and oxygen atoms in total. The summed E-state index contributed by atoms with van der Waals surface area (Å²) in [4.78, 5) is 22.5. The quantitative estimate of drug-likeness (QED) is 0.765. The van der Waals surface area contributed by atoms with Crippen molar-refractivity contribution in [3.8, 4) is 0 Å². The van der Waals surface area contributed by atoms with Gasteiger partial charge in [-0.05, 0) is 13.8 Å². The Balaban J connectivity index is 2.51. The predicted molar refractivity (Wildman–Crippen MR) is 62.2 cm³/mol. The van der Waals surface area contributed by atoms with E-state index >= 15 is 0 Å². The molecule has 0 fully saturated rings. The third kappa shape index (κ3) is 4.62. The summed E-state index contributed by atoms with van der Waals surface area (Å²) in [5, 5.41) is 12.8. The molecule has 0 aliphatic heterocycles. The Bertz CT molecular complexity index is 399. The molecule has 0 aromatic carbocycles. The molecule has 0 radical (unpaired) electrons. The molecule has 1 aromatic heterocycles. The fraction of sp³-hybridized carbons (Fsp3) is 0.600. The highest BCUT2D eigenvalue weighted by Gasteiger charge is 2.08. The standard InChI is InChI=1S/C10H17N5O2/c1-4-9(16)12-8-5-15(14-13-8)6-10(17)11-7(2)3/h5,7H,4,6H2,1-3H3,(H,11,17)(H,12,16). The summed E-state index contributed by atoms with van der Waals surface area (Å²) >= 11 is 0. The van der Waals surface area contributed by atoms with Crippen LogP contribution in [0.2, 0.25) is 0 Å². The smallest absolute Gasteiger partial charge is 0.241 e. The van der Waals surface area contributed by atoms with E-state index in [0.29, 0.717) is 12.2 Å². The monoisotopic (exact) mass is 239 g/mol. The zero-order valence-corrected chi connectivity index (χ0v) is 10.2. The second kappa shape index (κ2) is 5.97. The lowest BCUT2D eigenvalue weighted by Crippen LogP contribution is -2.33. The second-order valence-electron chi connectivity index (χ2n) is 3.93. The van der Waals surface area contributed by atoms with E-state index < -0.39 is 0 Å². The van der Waals surface area contributed by atoms with Crippen LogP contribution in [0.1, 0.15) is 27.2 Å². The van der Waals surface area contributed by atoms with Crippen LogP contribution in [0.5, 0.6) is 0 Å². The van der Waals surface area contributed by atoms with Gasteiger partial charge in [-0.3, -0.25) is 9.59 Å². The lowest BCUT2D eigenvalue weighted by molar-refractivity contribution is -0.122. The van der Waals surface area contributed by atoms with Crippen LogP contribution >= 0.6 is 0 Å². The molecule has 0 aliphatic rings. The minimum Gasteiger partial charge on any atom is -0.352 e. The van der Waals surface area contributed by atoms with E-state index in [0.717, 1.165) is 0 Å². The van der Waals surface area contributed by atoms with Crippen LogP contribution in [0.25, 0.3) is 0 Å². The summed E-state index contributed by atoms with van der Waals surface area (Å²) in [7, 11) is 0. The van der Waals surface area contributed by atoms with Gasteiger partial charge >= 0.3 is 0 Å². The summed E-state index contributed by atoms with van der Waals surface area (Å²) in [5.41, 5.74) is 0. The largest absolute Gasteiger partial charge is 0.352 e. The molecule has 0 unspecified atom stereocenters. The van der Waals surface area contributed by atoms with Gasteiger partial charge in [-0.1, -0.05) is 12.1 Å². The van der Waals surface area contributed by atoms with E-state index in [1.54, 1.807) is 6.92 Å². The fourth-order valence-electron chi connectivity index (χ4n) is 1.18. The van der Waals surface area contributed by atoms with Crippen LogP contribution in [-0.4, -0.2) is 32.9 Å². The van der Waals surface area contributed by atoms with Crippen molar-refractivity contribution in [3.05, 3.63) is 6.20 Å². The van der Waals surface area contributed by atoms with E-state index in [9.17, 15) is 9.59 Å². The third-order valence-electron chi connectivity index (χ3n) is 1.88. The summed E-state index contributed by atoms with van der Waals surface area (Å²) in [6.07, 6.45) is 1.90. The van der Waals surface area contributed by atoms with Gasteiger partial charge in [-0.15, -0.1) is 5.10 Å². The van der Waals surface area contributed by atoms with Crippen molar-refractivity contribution in [1.82, 2.24) is 20.3 Å². The van der Waals surface area contributed by atoms with Gasteiger partial charge in [0.15, 0.2) is 5.82 Å². The van der Waals surface area contributed by atoms with Gasteiger partial charge in [0, 0.05) is 12.5 Å². The summed E-state index contributed by atoms with van der Waals surface area (Å²) in [6.45, 7) is 5.60. The minimum absolute atomic E-state index is 0.0882. The van der Waals surface area contributed by atoms with Crippen molar-refractivity contribution in [3.63, 3.8) is 0 Å². The van der Waals surface area contributed by atoms with Gasteiger partial charge in [0.05, 0.1) is 6.20 Å². The lowest BCUT2D eigenvalue weighted by Gasteiger charge is -2.07. The van der Waals surface area contributed by atoms with Crippen molar-refractivity contribution in [2.45, 2.75) is 39.8 Å². The zero-order chi connectivity index (χ0) is 12.8. The van der Waals surface area contributed by atoms with Crippen molar-refractivity contribution >= 4 is 17.6 Å². The Morgan fingerprint density at radius 2 is 2.12 bits per heavy atom. The number of carbonyl (C=O) groups is 2. The molecule has 0 atom stereocenters. The summed E-state index contributed by atoms with van der Waals surface area (Å²) < 4.78 is 1.38. The molecule has 0 spiro atoms. The average molecular weight is 239 g/mol. The maximum absolute atomic E-state index is 11.4. The fourth-order valence-corrected chi connectivity index (χ4v) is 1.18. The molecule has 7 heteroatoms. The molecule has 0 saturated carbocycles. The van der Waals surface area contributed by atoms with Crippen LogP contribution < -0.4 is 10.6 Å². The maximum atomic E-state index is 11.4. The van der Waals surface area contributed by atoms with Crippen molar-refractivity contribution < 1.29 is 9.59 Å². The van der Waals surface area contributed by atoms with Crippen LogP contribution in [0.3, 0.4) is 0 Å². The first-order valence-corrected chi connectivity index (χ1v) is 5.50. The first kappa shape index (κ1) is 13.1. The van der Waals surface area contributed by atoms with Gasteiger partial charge in [-0.2, -0.15) is 0 Å². The normalized spacial score (nSPS) is 10.4. The number of rotatable bonds is 5. The Morgan fingerprint density at radius 3 is 2.71 bits per heavy atom. The van der Waals surface area contributed by atoms with Gasteiger partial charge in [0.25, 0.3) is 0 Å². The Hall–Kier alpha value is -1.92. The van der Waals surface area contributed by atoms with E-state index in [1.165, 1.54) is 10.9 Å². The Morgan fingerprint density at radius 1 is 1.41 bits per heavy atom. The Kier molecular flexibility index (Phi) is 4.62. The van der Waals surface area contributed by atoms with Crippen molar-refractivity contribution in [2.75, 3.05) is 5.32 Å². The topological polar surface area (TPSA) is 88.9 Å². The highest BCUT2D eigenvalue weighted by atomic mass is 16.2. The highest BCUT2D eigenvalue weighted by Crippen LogP contribution is 2.00. The molecule has 94 valence electrons. The molecular formula is C10H17N5O2. The molecule has 0 bridgehead atoms. The van der Waals surface area contributed by atoms with Crippen molar-refractivity contribution in [2.24, 2.45) is 0 Å². The SMILES string of the molecule is CCC(=O)Nc1cn(CC(=O)NC(C)C)nn1. The number of anilines is 1. The third-order valence-corrected chi connectivity index (χ3v) is 1.88. The summed E-state index contributed by atoms with van der Waals surface area (Å²) in [6, 6.07) is 0.0882. The van der Waals surface area contributed by atoms with E-state index in [2.05, 4.69) is 20.9 Å². The Labute approximate surface area is 99.6 Å². The summed E-state index contributed by atoms with van der Waals surface area (Å²) in [5.74, 6) is 0.0798. The van der Waals surface area contributed by atoms with Gasteiger partial charge < -0.3 is 10.6 Å². The van der Waals surface area contributed by atoms with Gasteiger partial charge in [-0.25, -0.2) is 4.68 Å². The lowest BCUT2D eigenvalue weighted by atomic mass is 10.4. The average Bonchev–Trinajstić information content (AvgIpc) is 2.63. The number of nitrogens with one attached hydrogen (secondary N) is 2. The minimum atomic E-state index is -0.140. The number of aromatic nitrogens is 3. The molecule has 17 heavy (non-hydrogen) atoms. The molecule has 0 saturated heterocycles. The number of nitrogens with zero attached hydrogens (tertiary/aromatic N) is 3. The first-order chi connectivity index (χ1) is 8.01. The van der Waals surface area contributed by atoms with E-state index in [1.807, 2.05) is 13.8 Å². The molecule has 1 aromatic rings. The maximum Gasteiger partial charge on any atom is 0.241 e. The van der Waals surface area contributed by atoms with Gasteiger partial charge in [0.1, 0.15) is 6.54 Å². The predicted octanol–water partition coefficient (Wildman–Crippen LogP) is 0.151. The van der Waals surface area contributed by atoms with Crippen LogP contribution in [0, 0.1) is 0 Å². The number of hydrogen-bond acceptors (Lipinski definition) is 4. The number of amides is 2. The molecule has 1 heterocycles. The molecule has 0 aliphatic carbocycles. The molecule has 2 amide bonds. The van der Waals surface area contributed by atoms with Crippen LogP contribution in [-0.2, 0) is 16.1 Å². The highest BCUT2D eigenvalue weighted by molar-refractivity contribution is 5.89. The molecular weight excluding hydrogens is 222 g/mol. The van der Waals surface area contributed by atoms with E-state index in [4.69, 9.17) is 0 Å². The second-order valence-corrected chi connectivity index (χ2v) is 3.93. The van der Waals surface area contributed by atoms with Crippen LogP contribution in [0.4, 0.5) is 5.82 Å². The van der Waals surface area contributed by atoms with E-state index in [-0.39, 0.29) is 24.4 Å². The zero-order valence-electron chi connectivity index (χ0n) is 10.2. The van der Waals surface area contributed by atoms with Crippen molar-refractivity contribution in [1.29, 1.82) is 0 Å². The number of hydrogen-bond donors (Lipinski definition) is 2. The molecule has 1 rings (SSSR count). The number of carbonyl (C=O) groups excluding carboxylic acids is 2.